The van der Waals surface area contributed by atoms with E-state index >= 15 is 0 Å². The summed E-state index contributed by atoms with van der Waals surface area (Å²) in [6, 6.07) is 10.1. The maximum Gasteiger partial charge on any atom is 0.226 e. The molecule has 1 heterocycles. The number of halogens is 2. The van der Waals surface area contributed by atoms with Crippen LogP contribution in [0, 0.1) is 12.7 Å². The maximum absolute atomic E-state index is 12.7. The Labute approximate surface area is 134 Å². The molecule has 2 aromatic rings. The molecule has 1 amide bonds. The Morgan fingerprint density at radius 2 is 1.76 bits per heavy atom. The van der Waals surface area contributed by atoms with Crippen LogP contribution >= 0.6 is 0 Å². The van der Waals surface area contributed by atoms with Crippen LogP contribution in [0.15, 0.2) is 48.8 Å². The largest absolute Gasteiger partial charge is 1.00 e. The van der Waals surface area contributed by atoms with Gasteiger partial charge in [0.25, 0.3) is 0 Å². The predicted molar refractivity (Wildman–Crippen MR) is 74.2 cm³/mol. The first kappa shape index (κ1) is 17.3. The summed E-state index contributed by atoms with van der Waals surface area (Å²) in [6.45, 7) is 3.10. The molecule has 0 fully saturated rings. The number of amides is 1. The second kappa shape index (κ2) is 8.52. The molecule has 1 aromatic carbocycles. The molecule has 2 rings (SSSR count). The van der Waals surface area contributed by atoms with Crippen molar-refractivity contribution in [3.63, 3.8) is 0 Å². The van der Waals surface area contributed by atoms with Gasteiger partial charge in [-0.15, -0.1) is 0 Å². The van der Waals surface area contributed by atoms with Gasteiger partial charge in [-0.25, -0.2) is 8.96 Å². The number of nitrogens with zero attached hydrogens (tertiary/aromatic N) is 1. The van der Waals surface area contributed by atoms with E-state index in [-0.39, 0.29) is 28.7 Å². The summed E-state index contributed by atoms with van der Waals surface area (Å²) in [5.74, 6) is -0.279. The van der Waals surface area contributed by atoms with Crippen molar-refractivity contribution >= 4 is 5.91 Å². The maximum atomic E-state index is 12.7. The Kier molecular flexibility index (Phi) is 7.02. The number of carbonyl (C=O) groups excluding carboxylic acids is 1. The van der Waals surface area contributed by atoms with Crippen LogP contribution in [0.4, 0.5) is 4.39 Å². The highest BCUT2D eigenvalue weighted by atomic mass is 79.9. The fraction of sp³-hybridized carbons (Fsp3) is 0.250. The van der Waals surface area contributed by atoms with Gasteiger partial charge in [-0.2, -0.15) is 0 Å². The first-order valence-electron chi connectivity index (χ1n) is 6.60. The smallest absolute Gasteiger partial charge is 0.226 e. The van der Waals surface area contributed by atoms with Gasteiger partial charge in [-0.1, -0.05) is 12.1 Å². The SMILES string of the molecule is Cc1cc[n+](CCC(=O)NCc2ccc(F)cc2)cc1.[Br-]. The van der Waals surface area contributed by atoms with E-state index < -0.39 is 0 Å². The minimum atomic E-state index is -0.268. The Morgan fingerprint density at radius 1 is 1.14 bits per heavy atom. The van der Waals surface area contributed by atoms with Crippen LogP contribution in [0.5, 0.6) is 0 Å². The molecule has 1 N–H and O–H groups in total. The summed E-state index contributed by atoms with van der Waals surface area (Å²) in [6.07, 6.45) is 4.35. The van der Waals surface area contributed by atoms with Gasteiger partial charge in [0, 0.05) is 18.7 Å². The third-order valence-corrected chi connectivity index (χ3v) is 3.06. The fourth-order valence-corrected chi connectivity index (χ4v) is 1.80. The van der Waals surface area contributed by atoms with Crippen LogP contribution in [-0.2, 0) is 17.9 Å². The summed E-state index contributed by atoms with van der Waals surface area (Å²) >= 11 is 0. The zero-order chi connectivity index (χ0) is 14.4. The molecule has 0 unspecified atom stereocenters. The van der Waals surface area contributed by atoms with Gasteiger partial charge in [0.15, 0.2) is 18.9 Å². The number of aryl methyl sites for hydroxylation is 2. The number of aromatic nitrogens is 1. The summed E-state index contributed by atoms with van der Waals surface area (Å²) in [4.78, 5) is 11.7. The second-order valence-electron chi connectivity index (χ2n) is 4.77. The van der Waals surface area contributed by atoms with E-state index in [0.717, 1.165) is 5.56 Å². The summed E-state index contributed by atoms with van der Waals surface area (Å²) in [7, 11) is 0. The first-order valence-corrected chi connectivity index (χ1v) is 6.60. The number of benzene rings is 1. The lowest BCUT2D eigenvalue weighted by Crippen LogP contribution is -3.00. The molecular formula is C16H18BrFN2O. The molecule has 0 saturated heterocycles. The molecule has 0 atom stereocenters. The van der Waals surface area contributed by atoms with Crippen LogP contribution < -0.4 is 26.9 Å². The van der Waals surface area contributed by atoms with Crippen LogP contribution in [0.2, 0.25) is 0 Å². The van der Waals surface area contributed by atoms with Gasteiger partial charge < -0.3 is 22.3 Å². The number of carbonyl (C=O) groups is 1. The Bertz CT molecular complexity index is 518. The highest BCUT2D eigenvalue weighted by Gasteiger charge is 2.06. The summed E-state index contributed by atoms with van der Waals surface area (Å²) in [5, 5.41) is 2.83. The van der Waals surface area contributed by atoms with Gasteiger partial charge in [0.1, 0.15) is 5.82 Å². The van der Waals surface area contributed by atoms with Gasteiger partial charge in [0.2, 0.25) is 5.91 Å². The van der Waals surface area contributed by atoms with E-state index in [1.807, 2.05) is 36.0 Å². The van der Waals surface area contributed by atoms with E-state index in [4.69, 9.17) is 0 Å². The monoisotopic (exact) mass is 352 g/mol. The highest BCUT2D eigenvalue weighted by molar-refractivity contribution is 5.75. The van der Waals surface area contributed by atoms with Gasteiger partial charge in [-0.05, 0) is 30.2 Å². The Morgan fingerprint density at radius 3 is 2.38 bits per heavy atom. The van der Waals surface area contributed by atoms with Crippen LogP contribution in [0.3, 0.4) is 0 Å². The summed E-state index contributed by atoms with van der Waals surface area (Å²) < 4.78 is 14.7. The van der Waals surface area contributed by atoms with Crippen molar-refractivity contribution in [2.24, 2.45) is 0 Å². The standard InChI is InChI=1S/C16H17FN2O.BrH/c1-13-6-9-19(10-7-13)11-8-16(20)18-12-14-2-4-15(17)5-3-14;/h2-7,9-10H,8,11-12H2,1H3;1H. The Balaban J connectivity index is 0.00000220. The third-order valence-electron chi connectivity index (χ3n) is 3.06. The number of hydrogen-bond donors (Lipinski definition) is 1. The van der Waals surface area contributed by atoms with Crippen molar-refractivity contribution in [2.45, 2.75) is 26.4 Å². The molecule has 0 aliphatic rings. The molecule has 1 aromatic heterocycles. The average Bonchev–Trinajstić information content (AvgIpc) is 2.46. The molecule has 0 bridgehead atoms. The van der Waals surface area contributed by atoms with Crippen molar-refractivity contribution in [3.8, 4) is 0 Å². The fourth-order valence-electron chi connectivity index (χ4n) is 1.80. The molecule has 0 saturated carbocycles. The quantitative estimate of drug-likeness (QED) is 0.697. The van der Waals surface area contributed by atoms with Gasteiger partial charge in [-0.3, -0.25) is 4.79 Å². The number of pyridine rings is 1. The van der Waals surface area contributed by atoms with E-state index in [9.17, 15) is 9.18 Å². The number of rotatable bonds is 5. The first-order chi connectivity index (χ1) is 9.63. The topological polar surface area (TPSA) is 33.0 Å². The lowest BCUT2D eigenvalue weighted by molar-refractivity contribution is -0.695. The minimum Gasteiger partial charge on any atom is -1.00 e. The zero-order valence-corrected chi connectivity index (χ0v) is 13.4. The molecule has 21 heavy (non-hydrogen) atoms. The van der Waals surface area contributed by atoms with Gasteiger partial charge >= 0.3 is 0 Å². The lowest BCUT2D eigenvalue weighted by Gasteiger charge is -2.04. The zero-order valence-electron chi connectivity index (χ0n) is 11.9. The van der Waals surface area contributed by atoms with Crippen LogP contribution in [0.25, 0.3) is 0 Å². The molecule has 112 valence electrons. The highest BCUT2D eigenvalue weighted by Crippen LogP contribution is 2.02. The molecule has 0 aliphatic carbocycles. The van der Waals surface area contributed by atoms with Crippen molar-refractivity contribution in [3.05, 3.63) is 65.7 Å². The van der Waals surface area contributed by atoms with Crippen LogP contribution in [-0.4, -0.2) is 5.91 Å². The number of hydrogen-bond acceptors (Lipinski definition) is 1. The van der Waals surface area contributed by atoms with E-state index in [2.05, 4.69) is 5.32 Å². The molecule has 0 aliphatic heterocycles. The molecule has 0 radical (unpaired) electrons. The molecule has 3 nitrogen and oxygen atoms in total. The van der Waals surface area contributed by atoms with Crippen molar-refractivity contribution in [2.75, 3.05) is 0 Å². The third kappa shape index (κ3) is 6.04. The lowest BCUT2D eigenvalue weighted by atomic mass is 10.2. The second-order valence-corrected chi connectivity index (χ2v) is 4.77. The Hall–Kier alpha value is -1.75. The molecular weight excluding hydrogens is 335 g/mol. The van der Waals surface area contributed by atoms with E-state index in [1.54, 1.807) is 12.1 Å². The van der Waals surface area contributed by atoms with E-state index in [0.29, 0.717) is 19.5 Å². The minimum absolute atomic E-state index is 0. The van der Waals surface area contributed by atoms with Crippen molar-refractivity contribution < 1.29 is 30.7 Å². The summed E-state index contributed by atoms with van der Waals surface area (Å²) in [5.41, 5.74) is 2.09. The van der Waals surface area contributed by atoms with Crippen LogP contribution in [0.1, 0.15) is 17.5 Å². The normalized spacial score (nSPS) is 9.81. The average molecular weight is 353 g/mol. The predicted octanol–water partition coefficient (Wildman–Crippen LogP) is -0.868. The number of nitrogens with one attached hydrogen (secondary N) is 1. The molecule has 0 spiro atoms. The van der Waals surface area contributed by atoms with Crippen molar-refractivity contribution in [1.29, 1.82) is 0 Å². The molecule has 5 heteroatoms. The van der Waals surface area contributed by atoms with E-state index in [1.165, 1.54) is 17.7 Å². The van der Waals surface area contributed by atoms with Crippen molar-refractivity contribution in [1.82, 2.24) is 5.32 Å². The van der Waals surface area contributed by atoms with Gasteiger partial charge in [0.05, 0.1) is 6.42 Å².